The number of imide groups is 1. The zero-order valence-corrected chi connectivity index (χ0v) is 14.9. The Morgan fingerprint density at radius 2 is 1.65 bits per heavy atom. The highest BCUT2D eigenvalue weighted by atomic mass is 16.6. The second-order valence-corrected chi connectivity index (χ2v) is 6.74. The van der Waals surface area contributed by atoms with E-state index < -0.39 is 23.6 Å². The van der Waals surface area contributed by atoms with Crippen LogP contribution in [0.25, 0.3) is 11.1 Å². The van der Waals surface area contributed by atoms with Crippen molar-refractivity contribution in [2.75, 3.05) is 7.05 Å². The number of amides is 3. The summed E-state index contributed by atoms with van der Waals surface area (Å²) in [5.41, 5.74) is 1.32. The smallest absolute Gasteiger partial charge is 0.410 e. The number of nitrogens with zero attached hydrogens (tertiary/aromatic N) is 2. The molecule has 6 nitrogen and oxygen atoms in total. The fourth-order valence-corrected chi connectivity index (χ4v) is 3.24. The number of ether oxygens (including phenoxy) is 1. The molecule has 1 aliphatic heterocycles. The van der Waals surface area contributed by atoms with Gasteiger partial charge in [0.05, 0.1) is 5.54 Å². The summed E-state index contributed by atoms with van der Waals surface area (Å²) in [6.45, 7) is 3.46. The van der Waals surface area contributed by atoms with E-state index in [-0.39, 0.29) is 0 Å². The maximum absolute atomic E-state index is 12.4. The highest BCUT2D eigenvalue weighted by Crippen LogP contribution is 2.34. The molecule has 26 heavy (non-hydrogen) atoms. The molecule has 0 radical (unpaired) electrons. The van der Waals surface area contributed by atoms with E-state index in [1.807, 2.05) is 42.5 Å². The molecule has 0 aliphatic carbocycles. The van der Waals surface area contributed by atoms with Gasteiger partial charge in [-0.1, -0.05) is 42.5 Å². The van der Waals surface area contributed by atoms with Gasteiger partial charge in [0.2, 0.25) is 6.41 Å². The quantitative estimate of drug-likeness (QED) is 0.627. The van der Waals surface area contributed by atoms with E-state index in [1.165, 1.54) is 11.9 Å². The molecule has 0 saturated carbocycles. The number of carbonyl (C=O) groups is 3. The zero-order chi connectivity index (χ0) is 18.9. The molecule has 134 valence electrons. The van der Waals surface area contributed by atoms with Crippen LogP contribution in [0.15, 0.2) is 54.6 Å². The summed E-state index contributed by atoms with van der Waals surface area (Å²) in [5, 5.41) is 0. The van der Waals surface area contributed by atoms with Gasteiger partial charge >= 0.3 is 6.09 Å². The van der Waals surface area contributed by atoms with Crippen LogP contribution in [-0.4, -0.2) is 46.8 Å². The van der Waals surface area contributed by atoms with E-state index >= 15 is 0 Å². The third-order valence-corrected chi connectivity index (χ3v) is 4.71. The van der Waals surface area contributed by atoms with Crippen LogP contribution in [0.1, 0.15) is 13.8 Å². The number of hydrogen-bond donors (Lipinski definition) is 0. The Kier molecular flexibility index (Phi) is 4.50. The molecular formula is C20H20N2O4. The van der Waals surface area contributed by atoms with Crippen LogP contribution in [-0.2, 0) is 9.59 Å². The fourth-order valence-electron chi connectivity index (χ4n) is 3.24. The van der Waals surface area contributed by atoms with Gasteiger partial charge in [-0.3, -0.25) is 19.4 Å². The molecule has 1 atom stereocenters. The zero-order valence-electron chi connectivity index (χ0n) is 14.9. The molecule has 2 aromatic carbocycles. The SMILES string of the molecule is CN(C(=O)Oc1ccc(-c2ccccc2)cc1)[C@@H]1C(=O)N(C=O)C1(C)C. The van der Waals surface area contributed by atoms with Crippen LogP contribution in [0.2, 0.25) is 0 Å². The van der Waals surface area contributed by atoms with Crippen LogP contribution < -0.4 is 4.74 Å². The fraction of sp³-hybridized carbons (Fsp3) is 0.250. The Balaban J connectivity index is 1.68. The largest absolute Gasteiger partial charge is 0.415 e. The number of hydrogen-bond acceptors (Lipinski definition) is 4. The third-order valence-electron chi connectivity index (χ3n) is 4.71. The number of likely N-dealkylation sites (tertiary alicyclic amines) is 1. The van der Waals surface area contributed by atoms with Crippen molar-refractivity contribution in [1.82, 2.24) is 9.80 Å². The van der Waals surface area contributed by atoms with E-state index in [2.05, 4.69) is 0 Å². The molecule has 0 spiro atoms. The topological polar surface area (TPSA) is 66.9 Å². The molecule has 1 heterocycles. The van der Waals surface area contributed by atoms with Gasteiger partial charge in [0, 0.05) is 7.05 Å². The molecule has 6 heteroatoms. The molecule has 1 saturated heterocycles. The van der Waals surface area contributed by atoms with Crippen molar-refractivity contribution in [2.45, 2.75) is 25.4 Å². The van der Waals surface area contributed by atoms with E-state index in [0.29, 0.717) is 12.2 Å². The van der Waals surface area contributed by atoms with Crippen LogP contribution in [0.4, 0.5) is 4.79 Å². The lowest BCUT2D eigenvalue weighted by Crippen LogP contribution is -2.76. The maximum Gasteiger partial charge on any atom is 0.415 e. The van der Waals surface area contributed by atoms with Gasteiger partial charge < -0.3 is 4.74 Å². The van der Waals surface area contributed by atoms with Crippen molar-refractivity contribution in [3.05, 3.63) is 54.6 Å². The average molecular weight is 352 g/mol. The summed E-state index contributed by atoms with van der Waals surface area (Å²) in [5.74, 6) is -0.0257. The summed E-state index contributed by atoms with van der Waals surface area (Å²) < 4.78 is 5.36. The highest BCUT2D eigenvalue weighted by molar-refractivity contribution is 6.00. The Morgan fingerprint density at radius 1 is 1.08 bits per heavy atom. The van der Waals surface area contributed by atoms with Gasteiger partial charge in [-0.05, 0) is 37.1 Å². The Bertz CT molecular complexity index is 831. The van der Waals surface area contributed by atoms with Crippen LogP contribution >= 0.6 is 0 Å². The summed E-state index contributed by atoms with van der Waals surface area (Å²) in [7, 11) is 1.49. The predicted molar refractivity (Wildman–Crippen MR) is 96.4 cm³/mol. The first-order chi connectivity index (χ1) is 12.4. The molecule has 0 aromatic heterocycles. The molecule has 2 aromatic rings. The minimum atomic E-state index is -0.760. The summed E-state index contributed by atoms with van der Waals surface area (Å²) >= 11 is 0. The van der Waals surface area contributed by atoms with Crippen molar-refractivity contribution < 1.29 is 19.1 Å². The van der Waals surface area contributed by atoms with Crippen molar-refractivity contribution in [1.29, 1.82) is 0 Å². The van der Waals surface area contributed by atoms with Crippen LogP contribution in [0, 0.1) is 0 Å². The molecular weight excluding hydrogens is 332 g/mol. The molecule has 0 unspecified atom stereocenters. The van der Waals surface area contributed by atoms with Gasteiger partial charge in [0.15, 0.2) is 0 Å². The summed E-state index contributed by atoms with van der Waals surface area (Å²) in [4.78, 5) is 37.7. The standard InChI is InChI=1S/C20H20N2O4/c1-20(2)17(18(24)22(20)13-23)21(3)19(25)26-16-11-9-15(10-12-16)14-7-5-4-6-8-14/h4-13,17H,1-3H3/t17-/m1/s1. The summed E-state index contributed by atoms with van der Waals surface area (Å²) in [6.07, 6.45) is -0.158. The number of rotatable bonds is 4. The van der Waals surface area contributed by atoms with Crippen molar-refractivity contribution in [2.24, 2.45) is 0 Å². The van der Waals surface area contributed by atoms with Gasteiger partial charge in [-0.15, -0.1) is 0 Å². The van der Waals surface area contributed by atoms with Crippen molar-refractivity contribution >= 4 is 18.4 Å². The van der Waals surface area contributed by atoms with Crippen LogP contribution in [0.5, 0.6) is 5.75 Å². The minimum absolute atomic E-state index is 0.387. The van der Waals surface area contributed by atoms with E-state index in [1.54, 1.807) is 26.0 Å². The third kappa shape index (κ3) is 2.94. The number of benzene rings is 2. The lowest BCUT2D eigenvalue weighted by atomic mass is 9.82. The summed E-state index contributed by atoms with van der Waals surface area (Å²) in [6, 6.07) is 16.3. The van der Waals surface area contributed by atoms with Crippen LogP contribution in [0.3, 0.4) is 0 Å². The van der Waals surface area contributed by atoms with Crippen molar-refractivity contribution in [3.63, 3.8) is 0 Å². The Labute approximate surface area is 152 Å². The molecule has 1 aliphatic rings. The normalized spacial score (nSPS) is 18.0. The van der Waals surface area contributed by atoms with E-state index in [9.17, 15) is 14.4 Å². The highest BCUT2D eigenvalue weighted by Gasteiger charge is 2.57. The average Bonchev–Trinajstić information content (AvgIpc) is 2.63. The van der Waals surface area contributed by atoms with Gasteiger partial charge in [-0.25, -0.2) is 4.79 Å². The maximum atomic E-state index is 12.4. The monoisotopic (exact) mass is 352 g/mol. The van der Waals surface area contributed by atoms with E-state index in [4.69, 9.17) is 4.74 Å². The first-order valence-electron chi connectivity index (χ1n) is 8.25. The second-order valence-electron chi connectivity index (χ2n) is 6.74. The first-order valence-corrected chi connectivity index (χ1v) is 8.25. The molecule has 0 N–H and O–H groups in total. The Morgan fingerprint density at radius 3 is 2.19 bits per heavy atom. The molecule has 3 rings (SSSR count). The van der Waals surface area contributed by atoms with Gasteiger partial charge in [0.25, 0.3) is 5.91 Å². The van der Waals surface area contributed by atoms with E-state index in [0.717, 1.165) is 16.0 Å². The lowest BCUT2D eigenvalue weighted by Gasteiger charge is -2.53. The number of likely N-dealkylation sites (N-methyl/N-ethyl adjacent to an activating group) is 1. The minimum Gasteiger partial charge on any atom is -0.410 e. The molecule has 3 amide bonds. The molecule has 0 bridgehead atoms. The second kappa shape index (κ2) is 6.63. The molecule has 1 fully saturated rings. The predicted octanol–water partition coefficient (Wildman–Crippen LogP) is 2.93. The number of β-lactam (4-membered cyclic amide) rings is 1. The van der Waals surface area contributed by atoms with Gasteiger partial charge in [0.1, 0.15) is 11.8 Å². The number of carbonyl (C=O) groups excluding carboxylic acids is 3. The first kappa shape index (κ1) is 17.7. The van der Waals surface area contributed by atoms with Gasteiger partial charge in [-0.2, -0.15) is 0 Å². The Hall–Kier alpha value is -3.15. The van der Waals surface area contributed by atoms with Crippen molar-refractivity contribution in [3.8, 4) is 16.9 Å². The lowest BCUT2D eigenvalue weighted by molar-refractivity contribution is -0.169.